The Bertz CT molecular complexity index is 359. The molecule has 0 aliphatic heterocycles. The van der Waals surface area contributed by atoms with Gasteiger partial charge >= 0.3 is 0 Å². The Morgan fingerprint density at radius 2 is 2.29 bits per heavy atom. The standard InChI is InChI=1S/C8H5BrF2INO/c9-1-4-2-13-5(3-14)6(7(4)12)8(10)11/h2-3,8H,1H2. The lowest BCUT2D eigenvalue weighted by Crippen LogP contribution is -2.03. The van der Waals surface area contributed by atoms with Gasteiger partial charge in [-0.3, -0.25) is 9.78 Å². The Labute approximate surface area is 101 Å². The van der Waals surface area contributed by atoms with Crippen LogP contribution in [-0.2, 0) is 5.33 Å². The zero-order valence-corrected chi connectivity index (χ0v) is 10.5. The van der Waals surface area contributed by atoms with Crippen molar-refractivity contribution in [2.45, 2.75) is 11.8 Å². The number of hydrogen-bond donors (Lipinski definition) is 0. The van der Waals surface area contributed by atoms with Gasteiger partial charge in [-0.15, -0.1) is 0 Å². The maximum atomic E-state index is 12.6. The van der Waals surface area contributed by atoms with Crippen molar-refractivity contribution in [3.05, 3.63) is 26.6 Å². The first-order valence-corrected chi connectivity index (χ1v) is 5.78. The summed E-state index contributed by atoms with van der Waals surface area (Å²) in [6.07, 6.45) is -0.901. The molecule has 2 nitrogen and oxygen atoms in total. The molecule has 0 saturated heterocycles. The molecule has 0 radical (unpaired) electrons. The molecule has 1 rings (SSSR count). The van der Waals surface area contributed by atoms with Crippen molar-refractivity contribution in [3.8, 4) is 0 Å². The molecule has 1 aromatic heterocycles. The number of pyridine rings is 1. The summed E-state index contributed by atoms with van der Waals surface area (Å²) in [5.41, 5.74) is 0.193. The van der Waals surface area contributed by atoms with Gasteiger partial charge in [0.2, 0.25) is 0 Å². The van der Waals surface area contributed by atoms with Crippen molar-refractivity contribution in [1.82, 2.24) is 4.98 Å². The van der Waals surface area contributed by atoms with Crippen LogP contribution < -0.4 is 0 Å². The fourth-order valence-corrected chi connectivity index (χ4v) is 2.74. The molecular weight excluding hydrogens is 371 g/mol. The van der Waals surface area contributed by atoms with Gasteiger partial charge in [0.25, 0.3) is 6.43 Å². The van der Waals surface area contributed by atoms with Crippen molar-refractivity contribution < 1.29 is 13.6 Å². The van der Waals surface area contributed by atoms with Crippen molar-refractivity contribution in [1.29, 1.82) is 0 Å². The molecule has 1 aromatic rings. The quantitative estimate of drug-likeness (QED) is 0.461. The maximum Gasteiger partial charge on any atom is 0.267 e. The average molecular weight is 376 g/mol. The summed E-state index contributed by atoms with van der Waals surface area (Å²) in [7, 11) is 0. The molecule has 0 unspecified atom stereocenters. The van der Waals surface area contributed by atoms with Crippen LogP contribution in [0.15, 0.2) is 6.20 Å². The second-order valence-electron chi connectivity index (χ2n) is 2.45. The highest BCUT2D eigenvalue weighted by Gasteiger charge is 2.19. The highest BCUT2D eigenvalue weighted by atomic mass is 127. The number of carbonyl (C=O) groups excluding carboxylic acids is 1. The molecular formula is C8H5BrF2INO. The molecule has 1 heterocycles. The number of rotatable bonds is 3. The van der Waals surface area contributed by atoms with E-state index in [4.69, 9.17) is 0 Å². The van der Waals surface area contributed by atoms with Gasteiger partial charge in [0.05, 0.1) is 5.56 Å². The van der Waals surface area contributed by atoms with E-state index in [0.29, 0.717) is 20.7 Å². The molecule has 0 saturated carbocycles. The summed E-state index contributed by atoms with van der Waals surface area (Å²) in [5.74, 6) is 0. The van der Waals surface area contributed by atoms with E-state index in [1.165, 1.54) is 6.20 Å². The normalized spacial score (nSPS) is 10.6. The number of alkyl halides is 3. The molecule has 0 bridgehead atoms. The SMILES string of the molecule is O=Cc1ncc(CBr)c(I)c1C(F)F. The molecule has 6 heteroatoms. The van der Waals surface area contributed by atoms with E-state index in [-0.39, 0.29) is 11.3 Å². The van der Waals surface area contributed by atoms with Gasteiger partial charge < -0.3 is 0 Å². The number of aromatic nitrogens is 1. The Kier molecular flexibility index (Phi) is 4.36. The third kappa shape index (κ3) is 2.28. The molecule has 76 valence electrons. The maximum absolute atomic E-state index is 12.6. The Morgan fingerprint density at radius 3 is 2.71 bits per heavy atom. The minimum absolute atomic E-state index is 0.186. The van der Waals surface area contributed by atoms with Gasteiger partial charge in [0, 0.05) is 15.1 Å². The largest absolute Gasteiger partial charge is 0.296 e. The van der Waals surface area contributed by atoms with E-state index in [0.717, 1.165) is 0 Å². The van der Waals surface area contributed by atoms with E-state index in [2.05, 4.69) is 20.9 Å². The first-order valence-electron chi connectivity index (χ1n) is 3.58. The summed E-state index contributed by atoms with van der Waals surface area (Å²) in [4.78, 5) is 14.1. The van der Waals surface area contributed by atoms with Gasteiger partial charge in [-0.25, -0.2) is 8.78 Å². The van der Waals surface area contributed by atoms with Crippen LogP contribution in [-0.4, -0.2) is 11.3 Å². The first-order chi connectivity index (χ1) is 6.61. The third-order valence-corrected chi connectivity index (χ3v) is 3.51. The topological polar surface area (TPSA) is 30.0 Å². The van der Waals surface area contributed by atoms with Gasteiger partial charge in [-0.1, -0.05) is 15.9 Å². The number of nitrogens with zero attached hydrogens (tertiary/aromatic N) is 1. The van der Waals surface area contributed by atoms with Crippen molar-refractivity contribution in [2.75, 3.05) is 0 Å². The van der Waals surface area contributed by atoms with Crippen LogP contribution in [0.1, 0.15) is 28.0 Å². The molecule has 0 spiro atoms. The van der Waals surface area contributed by atoms with Crippen molar-refractivity contribution in [3.63, 3.8) is 0 Å². The molecule has 0 N–H and O–H groups in total. The Balaban J connectivity index is 3.38. The van der Waals surface area contributed by atoms with Gasteiger partial charge in [-0.05, 0) is 28.2 Å². The summed E-state index contributed by atoms with van der Waals surface area (Å²) < 4.78 is 25.5. The van der Waals surface area contributed by atoms with E-state index in [1.54, 1.807) is 22.6 Å². The van der Waals surface area contributed by atoms with Crippen molar-refractivity contribution in [2.24, 2.45) is 0 Å². The minimum Gasteiger partial charge on any atom is -0.296 e. The Morgan fingerprint density at radius 1 is 1.64 bits per heavy atom. The van der Waals surface area contributed by atoms with Gasteiger partial charge in [0.1, 0.15) is 5.69 Å². The van der Waals surface area contributed by atoms with E-state index < -0.39 is 6.43 Å². The summed E-state index contributed by atoms with van der Waals surface area (Å²) in [6.45, 7) is 0. The van der Waals surface area contributed by atoms with Gasteiger partial charge in [-0.2, -0.15) is 0 Å². The van der Waals surface area contributed by atoms with E-state index in [1.807, 2.05) is 0 Å². The Hall–Kier alpha value is -0.110. The van der Waals surface area contributed by atoms with Crippen LogP contribution in [0, 0.1) is 3.57 Å². The second-order valence-corrected chi connectivity index (χ2v) is 4.09. The van der Waals surface area contributed by atoms with Crippen molar-refractivity contribution >= 4 is 44.8 Å². The predicted octanol–water partition coefficient (Wildman–Crippen LogP) is 3.33. The van der Waals surface area contributed by atoms with Gasteiger partial charge in [0.15, 0.2) is 6.29 Å². The smallest absolute Gasteiger partial charge is 0.267 e. The molecule has 0 aliphatic rings. The van der Waals surface area contributed by atoms with Crippen LogP contribution in [0.4, 0.5) is 8.78 Å². The lowest BCUT2D eigenvalue weighted by atomic mass is 10.1. The second kappa shape index (κ2) is 5.11. The monoisotopic (exact) mass is 375 g/mol. The number of hydrogen-bond acceptors (Lipinski definition) is 2. The van der Waals surface area contributed by atoms with Crippen LogP contribution in [0.2, 0.25) is 0 Å². The summed E-state index contributed by atoms with van der Waals surface area (Å²) >= 11 is 4.96. The molecule has 0 amide bonds. The lowest BCUT2D eigenvalue weighted by Gasteiger charge is -2.08. The van der Waals surface area contributed by atoms with E-state index in [9.17, 15) is 13.6 Å². The molecule has 0 aromatic carbocycles. The molecule has 0 fully saturated rings. The molecule has 0 aliphatic carbocycles. The van der Waals surface area contributed by atoms with E-state index >= 15 is 0 Å². The summed E-state index contributed by atoms with van der Waals surface area (Å²) in [6, 6.07) is 0. The highest BCUT2D eigenvalue weighted by Crippen LogP contribution is 2.29. The number of halogens is 4. The van der Waals surface area contributed by atoms with Crippen LogP contribution >= 0.6 is 38.5 Å². The average Bonchev–Trinajstić information content (AvgIpc) is 2.16. The van der Waals surface area contributed by atoms with Crippen LogP contribution in [0.3, 0.4) is 0 Å². The molecule has 14 heavy (non-hydrogen) atoms. The highest BCUT2D eigenvalue weighted by molar-refractivity contribution is 14.1. The third-order valence-electron chi connectivity index (χ3n) is 1.63. The summed E-state index contributed by atoms with van der Waals surface area (Å²) in [5, 5.41) is 0.442. The number of carbonyl (C=O) groups is 1. The predicted molar refractivity (Wildman–Crippen MR) is 59.9 cm³/mol. The number of aldehydes is 1. The first kappa shape index (κ1) is 12.0. The fourth-order valence-electron chi connectivity index (χ4n) is 0.954. The van der Waals surface area contributed by atoms with Crippen LogP contribution in [0.5, 0.6) is 0 Å². The zero-order chi connectivity index (χ0) is 10.7. The zero-order valence-electron chi connectivity index (χ0n) is 6.81. The lowest BCUT2D eigenvalue weighted by molar-refractivity contribution is 0.110. The minimum atomic E-state index is -2.67. The van der Waals surface area contributed by atoms with Crippen LogP contribution in [0.25, 0.3) is 0 Å². The fraction of sp³-hybridized carbons (Fsp3) is 0.250. The molecule has 0 atom stereocenters.